The molecule has 0 amide bonds. The van der Waals surface area contributed by atoms with E-state index in [1.807, 2.05) is 56.3 Å². The van der Waals surface area contributed by atoms with Crippen LogP contribution in [0.1, 0.15) is 22.7 Å². The Hall–Kier alpha value is -1.79. The molecule has 1 atom stereocenters. The van der Waals surface area contributed by atoms with Gasteiger partial charge in [-0.2, -0.15) is 5.26 Å². The van der Waals surface area contributed by atoms with Crippen molar-refractivity contribution in [1.29, 1.82) is 5.26 Å². The normalized spacial score (nSPS) is 11.7. The molecule has 0 aliphatic heterocycles. The number of nitrogens with one attached hydrogen (secondary N) is 1. The van der Waals surface area contributed by atoms with Crippen molar-refractivity contribution in [3.8, 4) is 6.07 Å². The Morgan fingerprint density at radius 3 is 2.47 bits per heavy atom. The van der Waals surface area contributed by atoms with Crippen molar-refractivity contribution >= 4 is 21.6 Å². The molecular weight excluding hydrogens is 300 g/mol. The molecular formula is C16H15BrN2. The van der Waals surface area contributed by atoms with Crippen LogP contribution in [0.3, 0.4) is 0 Å². The Morgan fingerprint density at radius 2 is 1.84 bits per heavy atom. The zero-order chi connectivity index (χ0) is 13.8. The third-order valence-electron chi connectivity index (χ3n) is 3.10. The largest absolute Gasteiger partial charge is 0.366 e. The topological polar surface area (TPSA) is 35.8 Å². The molecule has 2 aromatic rings. The van der Waals surface area contributed by atoms with Crippen LogP contribution in [0.15, 0.2) is 46.9 Å². The number of rotatable bonds is 3. The number of hydrogen-bond acceptors (Lipinski definition) is 2. The van der Waals surface area contributed by atoms with Gasteiger partial charge in [0.2, 0.25) is 0 Å². The first kappa shape index (κ1) is 13.6. The van der Waals surface area contributed by atoms with Gasteiger partial charge < -0.3 is 5.32 Å². The number of aryl methyl sites for hydroxylation is 2. The monoisotopic (exact) mass is 314 g/mol. The van der Waals surface area contributed by atoms with Gasteiger partial charge in [0.05, 0.1) is 6.07 Å². The van der Waals surface area contributed by atoms with E-state index < -0.39 is 0 Å². The van der Waals surface area contributed by atoms with Crippen molar-refractivity contribution in [3.05, 3.63) is 63.6 Å². The maximum Gasteiger partial charge on any atom is 0.140 e. The van der Waals surface area contributed by atoms with E-state index in [2.05, 4.69) is 27.3 Å². The average molecular weight is 315 g/mol. The average Bonchev–Trinajstić information content (AvgIpc) is 2.41. The molecule has 96 valence electrons. The Bertz CT molecular complexity index is 629. The van der Waals surface area contributed by atoms with Gasteiger partial charge in [-0.1, -0.05) is 46.3 Å². The SMILES string of the molecule is Cc1ccc(C(C#N)Nc2ccccc2C)cc1Br. The zero-order valence-electron chi connectivity index (χ0n) is 10.9. The number of nitrogens with zero attached hydrogens (tertiary/aromatic N) is 1. The second kappa shape index (κ2) is 5.90. The van der Waals surface area contributed by atoms with E-state index in [0.29, 0.717) is 0 Å². The minimum Gasteiger partial charge on any atom is -0.366 e. The lowest BCUT2D eigenvalue weighted by Gasteiger charge is -2.16. The Kier molecular flexibility index (Phi) is 4.24. The van der Waals surface area contributed by atoms with Gasteiger partial charge in [-0.3, -0.25) is 0 Å². The van der Waals surface area contributed by atoms with Crippen LogP contribution in [0.4, 0.5) is 5.69 Å². The van der Waals surface area contributed by atoms with E-state index in [1.54, 1.807) is 0 Å². The van der Waals surface area contributed by atoms with Crippen LogP contribution in [0.5, 0.6) is 0 Å². The number of hydrogen-bond donors (Lipinski definition) is 1. The fourth-order valence-corrected chi connectivity index (χ4v) is 2.27. The van der Waals surface area contributed by atoms with E-state index in [0.717, 1.165) is 26.9 Å². The molecule has 0 aliphatic carbocycles. The lowest BCUT2D eigenvalue weighted by Crippen LogP contribution is -2.09. The number of halogens is 1. The van der Waals surface area contributed by atoms with Crippen molar-refractivity contribution in [2.24, 2.45) is 0 Å². The second-order valence-electron chi connectivity index (χ2n) is 4.53. The number of para-hydroxylation sites is 1. The van der Waals surface area contributed by atoms with Gasteiger partial charge in [-0.15, -0.1) is 0 Å². The highest BCUT2D eigenvalue weighted by atomic mass is 79.9. The zero-order valence-corrected chi connectivity index (χ0v) is 12.5. The van der Waals surface area contributed by atoms with Crippen LogP contribution in [0, 0.1) is 25.2 Å². The first-order valence-electron chi connectivity index (χ1n) is 6.09. The minimum atomic E-state index is -0.349. The molecule has 2 nitrogen and oxygen atoms in total. The van der Waals surface area contributed by atoms with Crippen LogP contribution < -0.4 is 5.32 Å². The fraction of sp³-hybridized carbons (Fsp3) is 0.188. The fourth-order valence-electron chi connectivity index (χ4n) is 1.87. The standard InChI is InChI=1S/C16H15BrN2/c1-11-7-8-13(9-14(11)17)16(10-18)19-15-6-4-3-5-12(15)2/h3-9,16,19H,1-2H3. The second-order valence-corrected chi connectivity index (χ2v) is 5.38. The molecule has 19 heavy (non-hydrogen) atoms. The minimum absolute atomic E-state index is 0.349. The first-order chi connectivity index (χ1) is 9.11. The van der Waals surface area contributed by atoms with Crippen LogP contribution in [0.25, 0.3) is 0 Å². The van der Waals surface area contributed by atoms with Gasteiger partial charge in [-0.25, -0.2) is 0 Å². The summed E-state index contributed by atoms with van der Waals surface area (Å²) in [5, 5.41) is 12.6. The van der Waals surface area contributed by atoms with Crippen molar-refractivity contribution in [3.63, 3.8) is 0 Å². The van der Waals surface area contributed by atoms with E-state index in [4.69, 9.17) is 0 Å². The van der Waals surface area contributed by atoms with E-state index >= 15 is 0 Å². The molecule has 0 saturated carbocycles. The first-order valence-corrected chi connectivity index (χ1v) is 6.89. The molecule has 2 rings (SSSR count). The summed E-state index contributed by atoms with van der Waals surface area (Å²) in [5.74, 6) is 0. The molecule has 3 heteroatoms. The third kappa shape index (κ3) is 3.15. The Morgan fingerprint density at radius 1 is 1.11 bits per heavy atom. The van der Waals surface area contributed by atoms with E-state index in [9.17, 15) is 5.26 Å². The van der Waals surface area contributed by atoms with Gasteiger partial charge in [0.15, 0.2) is 0 Å². The molecule has 0 aromatic heterocycles. The van der Waals surface area contributed by atoms with Crippen LogP contribution in [-0.4, -0.2) is 0 Å². The summed E-state index contributed by atoms with van der Waals surface area (Å²) in [6.07, 6.45) is 0. The maximum absolute atomic E-state index is 9.36. The van der Waals surface area contributed by atoms with Crippen LogP contribution in [0.2, 0.25) is 0 Å². The molecule has 0 heterocycles. The van der Waals surface area contributed by atoms with Gasteiger partial charge in [0, 0.05) is 10.2 Å². The van der Waals surface area contributed by atoms with Crippen LogP contribution >= 0.6 is 15.9 Å². The summed E-state index contributed by atoms with van der Waals surface area (Å²) in [6, 6.07) is 15.9. The third-order valence-corrected chi connectivity index (χ3v) is 3.96. The van der Waals surface area contributed by atoms with Crippen molar-refractivity contribution < 1.29 is 0 Å². The molecule has 0 fully saturated rings. The lowest BCUT2D eigenvalue weighted by atomic mass is 10.1. The molecule has 0 saturated heterocycles. The van der Waals surface area contributed by atoms with Gasteiger partial charge in [-0.05, 0) is 42.7 Å². The van der Waals surface area contributed by atoms with E-state index in [-0.39, 0.29) is 6.04 Å². The van der Waals surface area contributed by atoms with Crippen LogP contribution in [-0.2, 0) is 0 Å². The summed E-state index contributed by atoms with van der Waals surface area (Å²) in [6.45, 7) is 4.06. The predicted octanol–water partition coefficient (Wildman–Crippen LogP) is 4.74. The quantitative estimate of drug-likeness (QED) is 0.888. The molecule has 0 bridgehead atoms. The van der Waals surface area contributed by atoms with Gasteiger partial charge in [0.1, 0.15) is 6.04 Å². The van der Waals surface area contributed by atoms with Crippen molar-refractivity contribution in [2.75, 3.05) is 5.32 Å². The molecule has 1 unspecified atom stereocenters. The smallest absolute Gasteiger partial charge is 0.140 e. The number of nitriles is 1. The Balaban J connectivity index is 2.28. The lowest BCUT2D eigenvalue weighted by molar-refractivity contribution is 0.990. The summed E-state index contributed by atoms with van der Waals surface area (Å²) in [7, 11) is 0. The van der Waals surface area contributed by atoms with E-state index in [1.165, 1.54) is 0 Å². The van der Waals surface area contributed by atoms with Gasteiger partial charge in [0.25, 0.3) is 0 Å². The summed E-state index contributed by atoms with van der Waals surface area (Å²) in [5.41, 5.74) is 4.25. The maximum atomic E-state index is 9.36. The molecule has 0 spiro atoms. The highest BCUT2D eigenvalue weighted by molar-refractivity contribution is 9.10. The summed E-state index contributed by atoms with van der Waals surface area (Å²) in [4.78, 5) is 0. The highest BCUT2D eigenvalue weighted by Gasteiger charge is 2.12. The number of benzene rings is 2. The highest BCUT2D eigenvalue weighted by Crippen LogP contribution is 2.25. The molecule has 0 radical (unpaired) electrons. The summed E-state index contributed by atoms with van der Waals surface area (Å²) < 4.78 is 1.02. The van der Waals surface area contributed by atoms with Crippen molar-refractivity contribution in [1.82, 2.24) is 0 Å². The number of anilines is 1. The predicted molar refractivity (Wildman–Crippen MR) is 82.0 cm³/mol. The Labute approximate surface area is 122 Å². The molecule has 2 aromatic carbocycles. The molecule has 1 N–H and O–H groups in total. The van der Waals surface area contributed by atoms with Crippen molar-refractivity contribution in [2.45, 2.75) is 19.9 Å². The van der Waals surface area contributed by atoms with Gasteiger partial charge >= 0.3 is 0 Å². The molecule has 0 aliphatic rings. The summed E-state index contributed by atoms with van der Waals surface area (Å²) >= 11 is 3.51.